The van der Waals surface area contributed by atoms with Gasteiger partial charge in [-0.2, -0.15) is 5.10 Å². The minimum absolute atomic E-state index is 0.0364. The van der Waals surface area contributed by atoms with E-state index in [9.17, 15) is 4.79 Å². The smallest absolute Gasteiger partial charge is 0.315 e. The van der Waals surface area contributed by atoms with Crippen LogP contribution in [0.25, 0.3) is 0 Å². The first-order valence-corrected chi connectivity index (χ1v) is 9.27. The van der Waals surface area contributed by atoms with Gasteiger partial charge in [0.25, 0.3) is 0 Å². The highest BCUT2D eigenvalue weighted by Gasteiger charge is 2.38. The predicted octanol–water partition coefficient (Wildman–Crippen LogP) is 2.78. The molecule has 2 amide bonds. The van der Waals surface area contributed by atoms with E-state index < -0.39 is 0 Å². The first-order chi connectivity index (χ1) is 12.2. The first-order valence-electron chi connectivity index (χ1n) is 9.27. The fourth-order valence-corrected chi connectivity index (χ4v) is 3.70. The number of rotatable bonds is 5. The molecule has 2 aromatic rings. The second-order valence-corrected chi connectivity index (χ2v) is 7.03. The fourth-order valence-electron chi connectivity index (χ4n) is 3.70. The van der Waals surface area contributed by atoms with Crippen LogP contribution in [0.3, 0.4) is 0 Å². The van der Waals surface area contributed by atoms with Gasteiger partial charge in [0.2, 0.25) is 0 Å². The van der Waals surface area contributed by atoms with E-state index in [4.69, 9.17) is 0 Å². The van der Waals surface area contributed by atoms with Crippen molar-refractivity contribution in [3.8, 4) is 0 Å². The Balaban J connectivity index is 1.28. The number of fused-ring (bicyclic) bond motifs is 1. The second kappa shape index (κ2) is 6.86. The third-order valence-corrected chi connectivity index (χ3v) is 5.22. The topological polar surface area (TPSA) is 71.8 Å². The maximum atomic E-state index is 12.3. The second-order valence-electron chi connectivity index (χ2n) is 7.03. The lowest BCUT2D eigenvalue weighted by Gasteiger charge is -2.23. The van der Waals surface area contributed by atoms with Crippen molar-refractivity contribution in [2.45, 2.75) is 51.1 Å². The molecular formula is C19H25N5O. The molecule has 0 unspecified atom stereocenters. The molecule has 1 aromatic heterocycles. The number of urea groups is 1. The summed E-state index contributed by atoms with van der Waals surface area (Å²) in [4.78, 5) is 16.9. The number of amides is 2. The van der Waals surface area contributed by atoms with Crippen molar-refractivity contribution < 1.29 is 4.79 Å². The average molecular weight is 339 g/mol. The minimum Gasteiger partial charge on any atom is -0.338 e. The Bertz CT molecular complexity index is 742. The molecule has 0 bridgehead atoms. The van der Waals surface area contributed by atoms with Gasteiger partial charge in [-0.25, -0.2) is 14.5 Å². The molecule has 25 heavy (non-hydrogen) atoms. The van der Waals surface area contributed by atoms with Crippen molar-refractivity contribution in [1.29, 1.82) is 0 Å². The summed E-state index contributed by atoms with van der Waals surface area (Å²) in [6, 6.07) is 10.4. The molecule has 2 aliphatic rings. The number of carbonyl (C=O) groups is 1. The Morgan fingerprint density at radius 3 is 2.96 bits per heavy atom. The van der Waals surface area contributed by atoms with E-state index >= 15 is 0 Å². The van der Waals surface area contributed by atoms with Gasteiger partial charge in [-0.15, -0.1) is 0 Å². The Hall–Kier alpha value is -2.37. The van der Waals surface area contributed by atoms with Crippen molar-refractivity contribution in [3.63, 3.8) is 0 Å². The van der Waals surface area contributed by atoms with Crippen LogP contribution in [0.15, 0.2) is 30.3 Å². The fraction of sp³-hybridized carbons (Fsp3) is 0.526. The van der Waals surface area contributed by atoms with Crippen molar-refractivity contribution in [3.05, 3.63) is 47.5 Å². The number of nitrogens with zero attached hydrogens (tertiary/aromatic N) is 3. The summed E-state index contributed by atoms with van der Waals surface area (Å²) >= 11 is 0. The number of hydrogen-bond donors (Lipinski definition) is 2. The molecule has 1 fully saturated rings. The maximum Gasteiger partial charge on any atom is 0.315 e. The van der Waals surface area contributed by atoms with Crippen LogP contribution in [0.2, 0.25) is 0 Å². The normalized spacial score (nSPS) is 24.4. The molecule has 1 aliphatic carbocycles. The zero-order valence-electron chi connectivity index (χ0n) is 14.6. The average Bonchev–Trinajstić information content (AvgIpc) is 3.30. The van der Waals surface area contributed by atoms with Crippen molar-refractivity contribution >= 4 is 6.03 Å². The van der Waals surface area contributed by atoms with E-state index in [1.807, 2.05) is 10.7 Å². The van der Waals surface area contributed by atoms with Crippen LogP contribution in [-0.4, -0.2) is 27.3 Å². The Morgan fingerprint density at radius 1 is 1.32 bits per heavy atom. The van der Waals surface area contributed by atoms with E-state index in [0.717, 1.165) is 50.4 Å². The van der Waals surface area contributed by atoms with Crippen molar-refractivity contribution in [2.24, 2.45) is 5.92 Å². The highest BCUT2D eigenvalue weighted by atomic mass is 16.2. The Labute approximate surface area is 148 Å². The molecule has 1 aliphatic heterocycles. The van der Waals surface area contributed by atoms with Gasteiger partial charge in [0.1, 0.15) is 5.82 Å². The molecule has 0 radical (unpaired) electrons. The first kappa shape index (κ1) is 16.1. The lowest BCUT2D eigenvalue weighted by Crippen LogP contribution is -2.41. The number of hydrogen-bond acceptors (Lipinski definition) is 3. The van der Waals surface area contributed by atoms with Gasteiger partial charge in [0.15, 0.2) is 5.82 Å². The third kappa shape index (κ3) is 3.52. The van der Waals surface area contributed by atoms with Gasteiger partial charge in [0.05, 0.1) is 6.04 Å². The van der Waals surface area contributed by atoms with Gasteiger partial charge in [-0.1, -0.05) is 37.3 Å². The molecule has 6 heteroatoms. The van der Waals surface area contributed by atoms with E-state index in [1.54, 1.807) is 0 Å². The largest absolute Gasteiger partial charge is 0.338 e. The summed E-state index contributed by atoms with van der Waals surface area (Å²) in [7, 11) is 0. The molecule has 0 spiro atoms. The highest BCUT2D eigenvalue weighted by Crippen LogP contribution is 2.46. The third-order valence-electron chi connectivity index (χ3n) is 5.22. The number of aromatic nitrogens is 3. The summed E-state index contributed by atoms with van der Waals surface area (Å²) in [5.41, 5.74) is 1.38. The van der Waals surface area contributed by atoms with E-state index in [-0.39, 0.29) is 12.1 Å². The van der Waals surface area contributed by atoms with Crippen LogP contribution in [-0.2, 0) is 13.0 Å². The number of nitrogens with one attached hydrogen (secondary N) is 2. The van der Waals surface area contributed by atoms with E-state index in [0.29, 0.717) is 11.8 Å². The molecule has 4 rings (SSSR count). The van der Waals surface area contributed by atoms with Gasteiger partial charge in [-0.3, -0.25) is 0 Å². The monoisotopic (exact) mass is 339 g/mol. The molecule has 6 nitrogen and oxygen atoms in total. The molecule has 2 heterocycles. The SMILES string of the molecule is CCc1nc2n(n1)CCC[C@@H]2NC(=O)NC[C@H]1C[C@H]1c1ccccc1. The van der Waals surface area contributed by atoms with Crippen LogP contribution in [0.5, 0.6) is 0 Å². The van der Waals surface area contributed by atoms with Gasteiger partial charge in [-0.05, 0) is 36.7 Å². The van der Waals surface area contributed by atoms with Crippen LogP contribution in [0.4, 0.5) is 4.79 Å². The van der Waals surface area contributed by atoms with Gasteiger partial charge in [0, 0.05) is 19.5 Å². The van der Waals surface area contributed by atoms with Crippen molar-refractivity contribution in [1.82, 2.24) is 25.4 Å². The van der Waals surface area contributed by atoms with Gasteiger partial charge >= 0.3 is 6.03 Å². The molecule has 132 valence electrons. The minimum atomic E-state index is -0.0989. The summed E-state index contributed by atoms with van der Waals surface area (Å²) in [5.74, 6) is 2.89. The zero-order valence-corrected chi connectivity index (χ0v) is 14.6. The molecule has 1 aromatic carbocycles. The molecule has 3 atom stereocenters. The van der Waals surface area contributed by atoms with E-state index in [2.05, 4.69) is 51.9 Å². The molecule has 0 saturated heterocycles. The standard InChI is InChI=1S/C19H25N5O/c1-2-17-22-18-16(9-6-10-24(18)23-17)21-19(25)20-12-14-11-15(14)13-7-4-3-5-8-13/h3-5,7-8,14-16H,2,6,9-12H2,1H3,(H2,20,21,25)/t14-,15+,16+/m1/s1. The predicted molar refractivity (Wildman–Crippen MR) is 95.2 cm³/mol. The van der Waals surface area contributed by atoms with Gasteiger partial charge < -0.3 is 10.6 Å². The molecule has 1 saturated carbocycles. The summed E-state index contributed by atoms with van der Waals surface area (Å²) < 4.78 is 1.94. The summed E-state index contributed by atoms with van der Waals surface area (Å²) in [6.07, 6.45) is 3.91. The lowest BCUT2D eigenvalue weighted by molar-refractivity contribution is 0.232. The summed E-state index contributed by atoms with van der Waals surface area (Å²) in [5, 5.41) is 10.6. The molecule has 2 N–H and O–H groups in total. The zero-order chi connectivity index (χ0) is 17.2. The number of carbonyl (C=O) groups excluding carboxylic acids is 1. The highest BCUT2D eigenvalue weighted by molar-refractivity contribution is 5.74. The van der Waals surface area contributed by atoms with Crippen LogP contribution >= 0.6 is 0 Å². The maximum absolute atomic E-state index is 12.3. The quantitative estimate of drug-likeness (QED) is 0.880. The Kier molecular flexibility index (Phi) is 4.42. The number of aryl methyl sites for hydroxylation is 2. The van der Waals surface area contributed by atoms with Crippen LogP contribution < -0.4 is 10.6 Å². The van der Waals surface area contributed by atoms with E-state index in [1.165, 1.54) is 5.56 Å². The molecular weight excluding hydrogens is 314 g/mol. The summed E-state index contributed by atoms with van der Waals surface area (Å²) in [6.45, 7) is 3.67. The Morgan fingerprint density at radius 2 is 2.16 bits per heavy atom. The lowest BCUT2D eigenvalue weighted by atomic mass is 10.1. The number of benzene rings is 1. The van der Waals surface area contributed by atoms with Crippen LogP contribution in [0, 0.1) is 5.92 Å². The van der Waals surface area contributed by atoms with Crippen molar-refractivity contribution in [2.75, 3.05) is 6.54 Å². The van der Waals surface area contributed by atoms with Crippen LogP contribution in [0.1, 0.15) is 55.4 Å².